The smallest absolute Gasteiger partial charge is 0.387 e. The maximum Gasteiger partial charge on any atom is 0.387 e. The molecular formula is C21H28F3N5O. The van der Waals surface area contributed by atoms with Crippen LogP contribution in [-0.4, -0.2) is 59.3 Å². The molecule has 164 valence electrons. The molecule has 6 nitrogen and oxygen atoms in total. The monoisotopic (exact) mass is 423 g/mol. The van der Waals surface area contributed by atoms with Gasteiger partial charge in [-0.2, -0.15) is 8.78 Å². The van der Waals surface area contributed by atoms with Gasteiger partial charge in [-0.3, -0.25) is 9.89 Å². The molecule has 0 spiro atoms. The second-order valence-electron chi connectivity index (χ2n) is 8.89. The van der Waals surface area contributed by atoms with Crippen LogP contribution in [0.15, 0.2) is 17.3 Å². The van der Waals surface area contributed by atoms with E-state index < -0.39 is 12.8 Å². The van der Waals surface area contributed by atoms with Crippen molar-refractivity contribution in [3.8, 4) is 5.75 Å². The van der Waals surface area contributed by atoms with Gasteiger partial charge in [0.05, 0.1) is 0 Å². The molecule has 2 heterocycles. The first kappa shape index (κ1) is 21.1. The lowest BCUT2D eigenvalue weighted by Gasteiger charge is -2.40. The first-order valence-corrected chi connectivity index (χ1v) is 10.5. The number of anilines is 1. The van der Waals surface area contributed by atoms with E-state index in [2.05, 4.69) is 14.6 Å². The zero-order chi connectivity index (χ0) is 21.6. The quantitative estimate of drug-likeness (QED) is 0.626. The van der Waals surface area contributed by atoms with E-state index in [9.17, 15) is 13.2 Å². The van der Waals surface area contributed by atoms with Gasteiger partial charge in [0.15, 0.2) is 11.6 Å². The molecule has 3 fully saturated rings. The number of likely N-dealkylation sites (tertiary alicyclic amines) is 1. The van der Waals surface area contributed by atoms with Gasteiger partial charge < -0.3 is 15.9 Å². The number of halogens is 3. The number of hydrogen-bond acceptors (Lipinski definition) is 6. The molecule has 0 aromatic carbocycles. The second kappa shape index (κ2) is 8.17. The molecule has 4 rings (SSSR count). The van der Waals surface area contributed by atoms with Crippen LogP contribution in [0.25, 0.3) is 0 Å². The van der Waals surface area contributed by atoms with Crippen LogP contribution in [0, 0.1) is 23.2 Å². The lowest BCUT2D eigenvalue weighted by Crippen LogP contribution is -2.53. The van der Waals surface area contributed by atoms with Gasteiger partial charge in [0, 0.05) is 60.7 Å². The molecule has 0 amide bonds. The van der Waals surface area contributed by atoms with E-state index in [0.717, 1.165) is 18.6 Å². The minimum absolute atomic E-state index is 0.106. The van der Waals surface area contributed by atoms with Gasteiger partial charge >= 0.3 is 6.61 Å². The van der Waals surface area contributed by atoms with E-state index >= 15 is 0 Å². The number of hydrogen-bond donors (Lipinski definition) is 2. The number of aromatic nitrogens is 1. The molecular weight excluding hydrogens is 395 g/mol. The Bertz CT molecular complexity index is 828. The summed E-state index contributed by atoms with van der Waals surface area (Å²) in [7, 11) is 0. The largest absolute Gasteiger partial charge is 0.431 e. The Hall–Kier alpha value is -2.16. The normalized spacial score (nSPS) is 29.2. The number of nitrogens with two attached hydrogens (primary N) is 1. The molecule has 9 heteroatoms. The summed E-state index contributed by atoms with van der Waals surface area (Å²) in [4.78, 5) is 10.9. The fraction of sp³-hybridized carbons (Fsp3) is 0.667. The minimum Gasteiger partial charge on any atom is -0.431 e. The van der Waals surface area contributed by atoms with Crippen molar-refractivity contribution in [1.82, 2.24) is 9.88 Å². The molecule has 2 saturated carbocycles. The summed E-state index contributed by atoms with van der Waals surface area (Å²) in [5.74, 6) is 1.08. The highest BCUT2D eigenvalue weighted by atomic mass is 19.3. The summed E-state index contributed by atoms with van der Waals surface area (Å²) in [6.45, 7) is 2.12. The van der Waals surface area contributed by atoms with E-state index in [-0.39, 0.29) is 23.3 Å². The van der Waals surface area contributed by atoms with Crippen molar-refractivity contribution < 1.29 is 17.9 Å². The van der Waals surface area contributed by atoms with Crippen molar-refractivity contribution >= 4 is 17.2 Å². The van der Waals surface area contributed by atoms with Crippen molar-refractivity contribution in [2.24, 2.45) is 22.7 Å². The number of pyridine rings is 1. The predicted octanol–water partition coefficient (Wildman–Crippen LogP) is 3.55. The Morgan fingerprint density at radius 2 is 2.00 bits per heavy atom. The number of aliphatic imine (C=N–C) groups is 1. The number of nitrogen functional groups attached to an aromatic ring is 1. The van der Waals surface area contributed by atoms with Crippen LogP contribution in [0.3, 0.4) is 0 Å². The van der Waals surface area contributed by atoms with Gasteiger partial charge in [-0.05, 0) is 44.6 Å². The van der Waals surface area contributed by atoms with Gasteiger partial charge in [0.1, 0.15) is 6.17 Å². The number of fused-ring (bicyclic) bond motifs is 1. The fourth-order valence-electron chi connectivity index (χ4n) is 5.03. The molecule has 0 radical (unpaired) electrons. The molecule has 1 aromatic heterocycles. The Morgan fingerprint density at radius 1 is 1.33 bits per heavy atom. The van der Waals surface area contributed by atoms with Crippen LogP contribution >= 0.6 is 0 Å². The molecule has 0 bridgehead atoms. The molecule has 3 aliphatic rings. The van der Waals surface area contributed by atoms with Crippen LogP contribution in [-0.2, 0) is 0 Å². The van der Waals surface area contributed by atoms with E-state index in [0.29, 0.717) is 48.9 Å². The van der Waals surface area contributed by atoms with Gasteiger partial charge in [0.2, 0.25) is 0 Å². The maximum atomic E-state index is 13.2. The van der Waals surface area contributed by atoms with Crippen LogP contribution in [0.5, 0.6) is 5.75 Å². The van der Waals surface area contributed by atoms with Crippen LogP contribution < -0.4 is 10.5 Å². The van der Waals surface area contributed by atoms with Crippen LogP contribution in [0.1, 0.15) is 38.7 Å². The number of nitrogens with one attached hydrogen (secondary N) is 1. The van der Waals surface area contributed by atoms with E-state index in [1.807, 2.05) is 13.8 Å². The Balaban J connectivity index is 1.42. The van der Waals surface area contributed by atoms with E-state index in [1.54, 1.807) is 0 Å². The third-order valence-corrected chi connectivity index (χ3v) is 6.41. The average molecular weight is 423 g/mol. The van der Waals surface area contributed by atoms with Crippen molar-refractivity contribution in [3.05, 3.63) is 17.8 Å². The third kappa shape index (κ3) is 4.31. The number of rotatable bonds is 8. The molecule has 2 atom stereocenters. The highest BCUT2D eigenvalue weighted by Crippen LogP contribution is 2.60. The Kier molecular flexibility index (Phi) is 5.74. The zero-order valence-electron chi connectivity index (χ0n) is 17.2. The summed E-state index contributed by atoms with van der Waals surface area (Å²) < 4.78 is 42.7. The summed E-state index contributed by atoms with van der Waals surface area (Å²) in [5.41, 5.74) is 7.24. The fourth-order valence-corrected chi connectivity index (χ4v) is 5.03. The lowest BCUT2D eigenvalue weighted by atomic mass is 9.95. The first-order chi connectivity index (χ1) is 14.2. The summed E-state index contributed by atoms with van der Waals surface area (Å²) >= 11 is 0. The molecule has 1 aromatic rings. The van der Waals surface area contributed by atoms with Gasteiger partial charge in [-0.25, -0.2) is 9.37 Å². The highest BCUT2D eigenvalue weighted by molar-refractivity contribution is 6.12. The number of alkyl halides is 3. The summed E-state index contributed by atoms with van der Waals surface area (Å²) in [6, 6.07) is 1.92. The second-order valence-corrected chi connectivity index (χ2v) is 8.89. The Labute approximate surface area is 174 Å². The van der Waals surface area contributed by atoms with E-state index in [1.165, 1.54) is 12.3 Å². The van der Waals surface area contributed by atoms with E-state index in [4.69, 9.17) is 16.1 Å². The summed E-state index contributed by atoms with van der Waals surface area (Å²) in [5, 5.41) is 8.50. The highest BCUT2D eigenvalue weighted by Gasteiger charge is 2.59. The molecule has 3 N–H and O–H groups in total. The van der Waals surface area contributed by atoms with Crippen molar-refractivity contribution in [2.75, 3.05) is 18.8 Å². The van der Waals surface area contributed by atoms with Crippen molar-refractivity contribution in [1.29, 1.82) is 5.41 Å². The SMILES string of the molecule is CC(C)N=C(CC(=N)c1cnc(N)c(OC(F)F)c1)C1C2CC(N3CC(F)C3)CC21. The van der Waals surface area contributed by atoms with Crippen LogP contribution in [0.4, 0.5) is 19.0 Å². The molecule has 2 unspecified atom stereocenters. The third-order valence-electron chi connectivity index (χ3n) is 6.41. The number of ether oxygens (including phenoxy) is 1. The first-order valence-electron chi connectivity index (χ1n) is 10.5. The topological polar surface area (TPSA) is 87.6 Å². The predicted molar refractivity (Wildman–Crippen MR) is 109 cm³/mol. The Morgan fingerprint density at radius 3 is 2.57 bits per heavy atom. The number of nitrogens with zero attached hydrogens (tertiary/aromatic N) is 3. The average Bonchev–Trinajstić information content (AvgIpc) is 3.13. The van der Waals surface area contributed by atoms with Crippen LogP contribution in [0.2, 0.25) is 0 Å². The van der Waals surface area contributed by atoms with Gasteiger partial charge in [0.25, 0.3) is 0 Å². The molecule has 2 aliphatic carbocycles. The zero-order valence-corrected chi connectivity index (χ0v) is 17.2. The minimum atomic E-state index is -3.01. The maximum absolute atomic E-state index is 13.2. The van der Waals surface area contributed by atoms with Gasteiger partial charge in [-0.15, -0.1) is 0 Å². The molecule has 30 heavy (non-hydrogen) atoms. The lowest BCUT2D eigenvalue weighted by molar-refractivity contribution is -0.0495. The molecule has 1 saturated heterocycles. The standard InChI is InChI=1S/C21H28F3N5O/c1-10(2)28-17(19-14-4-13(5-15(14)19)29-8-12(22)9-29)6-16(25)11-3-18(30-21(23)24)20(26)27-7-11/h3,7,10,12-15,19,21,25H,4-6,8-9H2,1-2H3,(H2,26,27). The summed E-state index contributed by atoms with van der Waals surface area (Å²) in [6.07, 6.45) is 3.19. The van der Waals surface area contributed by atoms with Crippen molar-refractivity contribution in [3.63, 3.8) is 0 Å². The van der Waals surface area contributed by atoms with Gasteiger partial charge in [-0.1, -0.05) is 0 Å². The molecule has 1 aliphatic heterocycles. The van der Waals surface area contributed by atoms with Crippen molar-refractivity contribution in [2.45, 2.75) is 58.0 Å².